The number of aryl methyl sites for hydroxylation is 1. The average molecular weight is 529 g/mol. The first-order valence-electron chi connectivity index (χ1n) is 9.48. The molecule has 1 saturated heterocycles. The summed E-state index contributed by atoms with van der Waals surface area (Å²) in [5.74, 6) is 1.73. The first-order chi connectivity index (χ1) is 13.6. The van der Waals surface area contributed by atoms with E-state index in [0.717, 1.165) is 60.8 Å². The zero-order valence-corrected chi connectivity index (χ0v) is 20.2. The lowest BCUT2D eigenvalue weighted by Crippen LogP contribution is -2.52. The number of piperazine rings is 1. The van der Waals surface area contributed by atoms with Crippen molar-refractivity contribution in [2.75, 3.05) is 43.4 Å². The van der Waals surface area contributed by atoms with Gasteiger partial charge in [-0.25, -0.2) is 4.98 Å². The Morgan fingerprint density at radius 1 is 1.28 bits per heavy atom. The minimum atomic E-state index is -0.0692. The number of benzene rings is 1. The molecule has 0 aliphatic carbocycles. The molecule has 0 bridgehead atoms. The maximum Gasteiger partial charge on any atom is 0.221 e. The van der Waals surface area contributed by atoms with Gasteiger partial charge in [0.05, 0.1) is 0 Å². The molecule has 3 rings (SSSR count). The van der Waals surface area contributed by atoms with Gasteiger partial charge in [0.25, 0.3) is 0 Å². The van der Waals surface area contributed by atoms with Gasteiger partial charge in [-0.05, 0) is 17.7 Å². The van der Waals surface area contributed by atoms with Crippen LogP contribution in [0.2, 0.25) is 0 Å². The largest absolute Gasteiger partial charge is 0.352 e. The van der Waals surface area contributed by atoms with Crippen LogP contribution >= 0.6 is 35.5 Å². The lowest BCUT2D eigenvalue weighted by molar-refractivity contribution is -0.114. The molecule has 0 unspecified atom stereocenters. The first-order valence-corrected chi connectivity index (χ1v) is 10.3. The molecule has 2 N–H and O–H groups in total. The molecule has 1 aliphatic rings. The van der Waals surface area contributed by atoms with Crippen LogP contribution in [0.15, 0.2) is 29.3 Å². The molecule has 0 radical (unpaired) electrons. The number of halogens is 1. The molecule has 0 spiro atoms. The van der Waals surface area contributed by atoms with E-state index < -0.39 is 0 Å². The molecule has 8 nitrogen and oxygen atoms in total. The number of aliphatic imine (C=N–C) groups is 1. The molecule has 1 amide bonds. The average Bonchev–Trinajstić information content (AvgIpc) is 3.18. The number of nitrogens with one attached hydrogen (secondary N) is 2. The Morgan fingerprint density at radius 2 is 2.03 bits per heavy atom. The molecular weight excluding hydrogens is 501 g/mol. The van der Waals surface area contributed by atoms with Gasteiger partial charge in [-0.1, -0.05) is 19.1 Å². The highest BCUT2D eigenvalue weighted by Gasteiger charge is 2.22. The van der Waals surface area contributed by atoms with Crippen molar-refractivity contribution in [1.82, 2.24) is 19.6 Å². The first kappa shape index (κ1) is 23.3. The van der Waals surface area contributed by atoms with E-state index in [0.29, 0.717) is 6.54 Å². The minimum Gasteiger partial charge on any atom is -0.352 e. The molecule has 0 atom stereocenters. The number of aromatic nitrogens is 2. The maximum atomic E-state index is 11.2. The van der Waals surface area contributed by atoms with Crippen molar-refractivity contribution >= 4 is 58.2 Å². The normalized spacial score (nSPS) is 14.4. The van der Waals surface area contributed by atoms with Crippen molar-refractivity contribution in [3.63, 3.8) is 0 Å². The molecule has 2 heterocycles. The van der Waals surface area contributed by atoms with Crippen LogP contribution in [0.1, 0.15) is 25.2 Å². The van der Waals surface area contributed by atoms with Crippen LogP contribution in [0.5, 0.6) is 0 Å². The summed E-state index contributed by atoms with van der Waals surface area (Å²) in [7, 11) is 1.81. The lowest BCUT2D eigenvalue weighted by Gasteiger charge is -2.36. The van der Waals surface area contributed by atoms with E-state index in [1.54, 1.807) is 7.05 Å². The Bertz CT molecular complexity index is 833. The SMILES string of the molecule is CCc1nsc(N2CCN(C(=NC)NCc3cccc(NC(C)=O)c3)CC2)n1.I. The van der Waals surface area contributed by atoms with E-state index in [1.165, 1.54) is 18.5 Å². The number of amides is 1. The van der Waals surface area contributed by atoms with Crippen LogP contribution in [0.3, 0.4) is 0 Å². The van der Waals surface area contributed by atoms with Gasteiger partial charge in [0.1, 0.15) is 5.82 Å². The van der Waals surface area contributed by atoms with E-state index in [9.17, 15) is 4.79 Å². The quantitative estimate of drug-likeness (QED) is 0.352. The summed E-state index contributed by atoms with van der Waals surface area (Å²) in [5, 5.41) is 7.25. The van der Waals surface area contributed by atoms with E-state index in [-0.39, 0.29) is 29.9 Å². The second-order valence-corrected chi connectivity index (χ2v) is 7.33. The highest BCUT2D eigenvalue weighted by atomic mass is 127. The fourth-order valence-corrected chi connectivity index (χ4v) is 3.90. The van der Waals surface area contributed by atoms with Gasteiger partial charge < -0.3 is 20.4 Å². The van der Waals surface area contributed by atoms with Crippen LogP contribution in [-0.2, 0) is 17.8 Å². The van der Waals surface area contributed by atoms with Crippen molar-refractivity contribution in [3.05, 3.63) is 35.7 Å². The van der Waals surface area contributed by atoms with Crippen molar-refractivity contribution in [1.29, 1.82) is 0 Å². The highest BCUT2D eigenvalue weighted by Crippen LogP contribution is 2.19. The van der Waals surface area contributed by atoms with Crippen LogP contribution in [0.25, 0.3) is 0 Å². The number of nitrogens with zero attached hydrogens (tertiary/aromatic N) is 5. The molecule has 0 saturated carbocycles. The van der Waals surface area contributed by atoms with E-state index in [1.807, 2.05) is 24.3 Å². The number of hydrogen-bond donors (Lipinski definition) is 2. The van der Waals surface area contributed by atoms with Crippen molar-refractivity contribution in [2.24, 2.45) is 4.99 Å². The van der Waals surface area contributed by atoms with Crippen molar-refractivity contribution in [2.45, 2.75) is 26.8 Å². The number of hydrogen-bond acceptors (Lipinski definition) is 6. The molecule has 1 aromatic heterocycles. The Labute approximate surface area is 193 Å². The third-order valence-corrected chi connectivity index (χ3v) is 5.35. The number of guanidine groups is 1. The summed E-state index contributed by atoms with van der Waals surface area (Å²) in [5.41, 5.74) is 1.89. The minimum absolute atomic E-state index is 0. The predicted octanol–water partition coefficient (Wildman–Crippen LogP) is 2.57. The van der Waals surface area contributed by atoms with Gasteiger partial charge in [-0.15, -0.1) is 24.0 Å². The Kier molecular flexibility index (Phi) is 9.08. The second kappa shape index (κ2) is 11.3. The Hall–Kier alpha value is -1.95. The van der Waals surface area contributed by atoms with Gasteiger partial charge in [-0.3, -0.25) is 9.79 Å². The van der Waals surface area contributed by atoms with Gasteiger partial charge in [0.2, 0.25) is 11.0 Å². The third kappa shape index (κ3) is 6.53. The summed E-state index contributed by atoms with van der Waals surface area (Å²) < 4.78 is 4.38. The summed E-state index contributed by atoms with van der Waals surface area (Å²) >= 11 is 1.48. The van der Waals surface area contributed by atoms with Gasteiger partial charge >= 0.3 is 0 Å². The molecule has 158 valence electrons. The molecule has 10 heteroatoms. The third-order valence-electron chi connectivity index (χ3n) is 4.53. The summed E-state index contributed by atoms with van der Waals surface area (Å²) in [6, 6.07) is 7.83. The van der Waals surface area contributed by atoms with E-state index >= 15 is 0 Å². The molecule has 29 heavy (non-hydrogen) atoms. The number of anilines is 2. The van der Waals surface area contributed by atoms with Crippen molar-refractivity contribution < 1.29 is 4.79 Å². The van der Waals surface area contributed by atoms with Crippen LogP contribution in [-0.4, -0.2) is 59.4 Å². The van der Waals surface area contributed by atoms with Gasteiger partial charge in [0, 0.05) is 70.3 Å². The molecule has 1 aromatic carbocycles. The molecular formula is C19H28IN7OS. The monoisotopic (exact) mass is 529 g/mol. The fourth-order valence-electron chi connectivity index (χ4n) is 3.10. The fraction of sp³-hybridized carbons (Fsp3) is 0.474. The lowest BCUT2D eigenvalue weighted by atomic mass is 10.2. The Morgan fingerprint density at radius 3 is 2.66 bits per heavy atom. The second-order valence-electron chi connectivity index (χ2n) is 6.60. The summed E-state index contributed by atoms with van der Waals surface area (Å²) in [4.78, 5) is 24.8. The predicted molar refractivity (Wildman–Crippen MR) is 129 cm³/mol. The molecule has 1 aliphatic heterocycles. The highest BCUT2D eigenvalue weighted by molar-refractivity contribution is 14.0. The van der Waals surface area contributed by atoms with Crippen LogP contribution < -0.4 is 15.5 Å². The summed E-state index contributed by atoms with van der Waals surface area (Å²) in [6.07, 6.45) is 0.871. The van der Waals surface area contributed by atoms with Crippen LogP contribution in [0, 0.1) is 0 Å². The number of carbonyl (C=O) groups is 1. The van der Waals surface area contributed by atoms with Crippen molar-refractivity contribution in [3.8, 4) is 0 Å². The zero-order valence-electron chi connectivity index (χ0n) is 17.0. The van der Waals surface area contributed by atoms with Gasteiger partial charge in [0.15, 0.2) is 5.96 Å². The Balaban J connectivity index is 0.00000300. The van der Waals surface area contributed by atoms with E-state index in [2.05, 4.69) is 41.7 Å². The maximum absolute atomic E-state index is 11.2. The molecule has 1 fully saturated rings. The smallest absolute Gasteiger partial charge is 0.221 e. The number of rotatable bonds is 5. The zero-order chi connectivity index (χ0) is 19.9. The number of carbonyl (C=O) groups excluding carboxylic acids is 1. The van der Waals surface area contributed by atoms with Crippen LogP contribution in [0.4, 0.5) is 10.8 Å². The molecule has 2 aromatic rings. The summed E-state index contributed by atoms with van der Waals surface area (Å²) in [6.45, 7) is 7.80. The standard InChI is InChI=1S/C19H27N7OS.HI/c1-4-17-23-19(28-24-17)26-10-8-25(9-11-26)18(20-3)21-13-15-6-5-7-16(12-15)22-14(2)27;/h5-7,12H,4,8-11,13H2,1-3H3,(H,20,21)(H,22,27);1H. The van der Waals surface area contributed by atoms with Gasteiger partial charge in [-0.2, -0.15) is 4.37 Å². The topological polar surface area (TPSA) is 85.8 Å². The van der Waals surface area contributed by atoms with E-state index in [4.69, 9.17) is 0 Å².